The molecule has 3 aromatic heterocycles. The van der Waals surface area contributed by atoms with Gasteiger partial charge in [-0.25, -0.2) is 23.7 Å². The van der Waals surface area contributed by atoms with Gasteiger partial charge in [-0.1, -0.05) is 6.58 Å². The maximum atomic E-state index is 15.5. The molecule has 0 unspecified atom stereocenters. The second-order valence-corrected chi connectivity index (χ2v) is 9.68. The number of aromatic nitrogens is 5. The lowest BCUT2D eigenvalue weighted by Crippen LogP contribution is -2.30. The van der Waals surface area contributed by atoms with Crippen LogP contribution in [0.2, 0.25) is 0 Å². The number of carbonyl (C=O) groups is 1. The summed E-state index contributed by atoms with van der Waals surface area (Å²) in [6.07, 6.45) is 6.47. The van der Waals surface area contributed by atoms with Gasteiger partial charge in [-0.3, -0.25) is 9.48 Å². The number of benzene rings is 1. The van der Waals surface area contributed by atoms with Gasteiger partial charge in [0.15, 0.2) is 28.9 Å². The summed E-state index contributed by atoms with van der Waals surface area (Å²) in [6.45, 7) is 5.26. The molecule has 5 rings (SSSR count). The molecule has 0 amide bonds. The molecule has 4 heterocycles. The Kier molecular flexibility index (Phi) is 8.69. The van der Waals surface area contributed by atoms with E-state index in [0.717, 1.165) is 6.07 Å². The van der Waals surface area contributed by atoms with E-state index in [-0.39, 0.29) is 47.3 Å². The van der Waals surface area contributed by atoms with Crippen molar-refractivity contribution in [2.24, 2.45) is 5.92 Å². The summed E-state index contributed by atoms with van der Waals surface area (Å²) in [5.74, 6) is -2.11. The van der Waals surface area contributed by atoms with Gasteiger partial charge >= 0.3 is 0 Å². The number of methoxy groups -OCH3 is 3. The molecular formula is C29H30F2N6O5. The highest BCUT2D eigenvalue weighted by Crippen LogP contribution is 2.39. The van der Waals surface area contributed by atoms with E-state index in [2.05, 4.69) is 27.0 Å². The zero-order valence-electron chi connectivity index (χ0n) is 23.4. The van der Waals surface area contributed by atoms with E-state index in [0.29, 0.717) is 48.5 Å². The van der Waals surface area contributed by atoms with Gasteiger partial charge in [0.1, 0.15) is 11.2 Å². The maximum Gasteiger partial charge on any atom is 0.223 e. The average molecular weight is 581 g/mol. The van der Waals surface area contributed by atoms with Gasteiger partial charge < -0.3 is 24.3 Å². The third kappa shape index (κ3) is 5.78. The van der Waals surface area contributed by atoms with Crippen LogP contribution in [0.15, 0.2) is 43.4 Å². The highest BCUT2D eigenvalue weighted by atomic mass is 19.1. The van der Waals surface area contributed by atoms with Gasteiger partial charge in [0.2, 0.25) is 5.95 Å². The fraction of sp³-hybridized carbons (Fsp3) is 0.345. The highest BCUT2D eigenvalue weighted by Gasteiger charge is 2.30. The lowest BCUT2D eigenvalue weighted by Gasteiger charge is -2.18. The number of anilines is 1. The fourth-order valence-corrected chi connectivity index (χ4v) is 4.81. The smallest absolute Gasteiger partial charge is 0.223 e. The molecule has 13 heteroatoms. The Labute approximate surface area is 240 Å². The number of carbonyl (C=O) groups excluding carboxylic acids is 1. The predicted octanol–water partition coefficient (Wildman–Crippen LogP) is 4.07. The van der Waals surface area contributed by atoms with Gasteiger partial charge in [0, 0.05) is 48.9 Å². The summed E-state index contributed by atoms with van der Waals surface area (Å²) < 4.78 is 53.6. The fourth-order valence-electron chi connectivity index (χ4n) is 4.81. The number of hydrogen-bond donors (Lipinski definition) is 1. The minimum Gasteiger partial charge on any atom is -0.494 e. The third-order valence-corrected chi connectivity index (χ3v) is 7.03. The van der Waals surface area contributed by atoms with E-state index >= 15 is 8.78 Å². The van der Waals surface area contributed by atoms with Crippen molar-refractivity contribution in [1.29, 1.82) is 0 Å². The zero-order chi connectivity index (χ0) is 29.8. The Balaban J connectivity index is 1.63. The van der Waals surface area contributed by atoms with Gasteiger partial charge in [-0.2, -0.15) is 5.10 Å². The molecule has 1 N–H and O–H groups in total. The Morgan fingerprint density at radius 1 is 1.14 bits per heavy atom. The van der Waals surface area contributed by atoms with Crippen molar-refractivity contribution in [2.45, 2.75) is 19.0 Å². The minimum absolute atomic E-state index is 0.00848. The summed E-state index contributed by atoms with van der Waals surface area (Å²) in [5.41, 5.74) is 0.901. The van der Waals surface area contributed by atoms with Crippen LogP contribution < -0.4 is 14.8 Å². The van der Waals surface area contributed by atoms with Crippen molar-refractivity contribution in [3.05, 3.63) is 55.0 Å². The van der Waals surface area contributed by atoms with Crippen LogP contribution in [-0.2, 0) is 20.8 Å². The van der Waals surface area contributed by atoms with Gasteiger partial charge in [0.05, 0.1) is 64.1 Å². The van der Waals surface area contributed by atoms with Gasteiger partial charge in [-0.05, 0) is 12.1 Å². The van der Waals surface area contributed by atoms with E-state index < -0.39 is 17.2 Å². The molecular weight excluding hydrogens is 550 g/mol. The number of ketones is 1. The summed E-state index contributed by atoms with van der Waals surface area (Å²) in [7, 11) is 4.15. The molecule has 42 heavy (non-hydrogen) atoms. The third-order valence-electron chi connectivity index (χ3n) is 7.03. The number of hydrogen-bond acceptors (Lipinski definition) is 10. The standard InChI is InChI=1S/C29H30F2N6O5/c1-5-19(38)8-17-14-42-15-21(17)35-29-32-11-16-9-20(24-25(30)22(40-3)10-23(41-4)26(24)31)34-28(27(16)36-29)18-12-33-37(13-18)6-7-39-2/h5,9-13,17,21H,1,6-8,14-15H2,2-4H3,(H,32,35,36)/t17-,21+/m0/s1. The average Bonchev–Trinajstić information content (AvgIpc) is 3.65. The van der Waals surface area contributed by atoms with Crippen LogP contribution in [0.4, 0.5) is 14.7 Å². The molecule has 1 fully saturated rings. The molecule has 1 aliphatic heterocycles. The van der Waals surface area contributed by atoms with Gasteiger partial charge in [-0.15, -0.1) is 0 Å². The number of nitrogens with zero attached hydrogens (tertiary/aromatic N) is 5. The van der Waals surface area contributed by atoms with Gasteiger partial charge in [0.25, 0.3) is 0 Å². The molecule has 220 valence electrons. The molecule has 1 aromatic carbocycles. The quantitative estimate of drug-likeness (QED) is 0.245. The first-order chi connectivity index (χ1) is 20.4. The minimum atomic E-state index is -0.926. The molecule has 2 atom stereocenters. The summed E-state index contributed by atoms with van der Waals surface area (Å²) in [4.78, 5) is 25.8. The number of rotatable bonds is 12. The van der Waals surface area contributed by atoms with E-state index in [1.807, 2.05) is 0 Å². The Hall–Kier alpha value is -4.49. The second-order valence-electron chi connectivity index (χ2n) is 9.68. The van der Waals surface area contributed by atoms with Crippen LogP contribution in [0.25, 0.3) is 33.4 Å². The largest absolute Gasteiger partial charge is 0.494 e. The van der Waals surface area contributed by atoms with Crippen molar-refractivity contribution in [3.8, 4) is 34.0 Å². The van der Waals surface area contributed by atoms with E-state index in [9.17, 15) is 4.79 Å². The van der Waals surface area contributed by atoms with Crippen molar-refractivity contribution >= 4 is 22.6 Å². The molecule has 0 saturated carbocycles. The van der Waals surface area contributed by atoms with Crippen molar-refractivity contribution < 1.29 is 32.5 Å². The highest BCUT2D eigenvalue weighted by molar-refractivity contribution is 5.94. The van der Waals surface area contributed by atoms with Crippen LogP contribution in [0, 0.1) is 17.6 Å². The first-order valence-corrected chi connectivity index (χ1v) is 13.2. The first kappa shape index (κ1) is 29.0. The topological polar surface area (TPSA) is 123 Å². The van der Waals surface area contributed by atoms with Crippen LogP contribution in [-0.4, -0.2) is 77.7 Å². The van der Waals surface area contributed by atoms with Crippen LogP contribution in [0.3, 0.4) is 0 Å². The Morgan fingerprint density at radius 3 is 2.60 bits per heavy atom. The summed E-state index contributed by atoms with van der Waals surface area (Å²) >= 11 is 0. The maximum absolute atomic E-state index is 15.5. The first-order valence-electron chi connectivity index (χ1n) is 13.2. The number of ether oxygens (including phenoxy) is 4. The van der Waals surface area contributed by atoms with E-state index in [1.54, 1.807) is 30.4 Å². The van der Waals surface area contributed by atoms with E-state index in [4.69, 9.17) is 23.9 Å². The summed E-state index contributed by atoms with van der Waals surface area (Å²) in [5, 5.41) is 8.12. The van der Waals surface area contributed by atoms with Crippen molar-refractivity contribution in [3.63, 3.8) is 0 Å². The zero-order valence-corrected chi connectivity index (χ0v) is 23.4. The molecule has 0 radical (unpaired) electrons. The molecule has 0 spiro atoms. The van der Waals surface area contributed by atoms with Crippen molar-refractivity contribution in [1.82, 2.24) is 24.7 Å². The lowest BCUT2D eigenvalue weighted by molar-refractivity contribution is -0.115. The molecule has 1 saturated heterocycles. The van der Waals surface area contributed by atoms with E-state index in [1.165, 1.54) is 26.4 Å². The molecule has 11 nitrogen and oxygen atoms in total. The number of allylic oxidation sites excluding steroid dienone is 1. The predicted molar refractivity (Wildman–Crippen MR) is 150 cm³/mol. The monoisotopic (exact) mass is 580 g/mol. The van der Waals surface area contributed by atoms with Crippen LogP contribution in [0.5, 0.6) is 11.5 Å². The lowest BCUT2D eigenvalue weighted by atomic mass is 9.97. The molecule has 1 aliphatic rings. The van der Waals surface area contributed by atoms with Crippen LogP contribution >= 0.6 is 0 Å². The molecule has 0 aliphatic carbocycles. The Morgan fingerprint density at radius 2 is 1.90 bits per heavy atom. The number of halogens is 2. The normalized spacial score (nSPS) is 16.5. The number of fused-ring (bicyclic) bond motifs is 1. The summed E-state index contributed by atoms with van der Waals surface area (Å²) in [6, 6.07) is 2.44. The van der Waals surface area contributed by atoms with Crippen molar-refractivity contribution in [2.75, 3.05) is 46.5 Å². The number of nitrogens with one attached hydrogen (secondary N) is 1. The molecule has 4 aromatic rings. The number of pyridine rings is 1. The molecule has 0 bridgehead atoms. The Bertz CT molecular complexity index is 1600. The SMILES string of the molecule is C=CC(=O)C[C@H]1COC[C@H]1Nc1ncc2cc(-c3c(F)c(OC)cc(OC)c3F)nc(-c3cnn(CCOC)c3)c2n1. The second kappa shape index (κ2) is 12.6. The van der Waals surface area contributed by atoms with Crippen LogP contribution in [0.1, 0.15) is 6.42 Å².